The second kappa shape index (κ2) is 4.61. The summed E-state index contributed by atoms with van der Waals surface area (Å²) in [5, 5.41) is 14.5. The van der Waals surface area contributed by atoms with Crippen LogP contribution < -0.4 is 10.6 Å². The van der Waals surface area contributed by atoms with Crippen LogP contribution in [0.1, 0.15) is 26.7 Å². The Labute approximate surface area is 89.2 Å². The molecule has 0 aromatic rings. The van der Waals surface area contributed by atoms with E-state index in [2.05, 4.69) is 10.6 Å². The third-order valence-corrected chi connectivity index (χ3v) is 2.90. The Morgan fingerprint density at radius 1 is 1.73 bits per heavy atom. The summed E-state index contributed by atoms with van der Waals surface area (Å²) in [6.45, 7) is 3.99. The monoisotopic (exact) mass is 214 g/mol. The number of aliphatic hydroxyl groups is 1. The van der Waals surface area contributed by atoms with Gasteiger partial charge in [-0.05, 0) is 13.3 Å². The Hall–Kier alpha value is -1.10. The van der Waals surface area contributed by atoms with E-state index in [9.17, 15) is 9.59 Å². The molecule has 1 heterocycles. The fourth-order valence-electron chi connectivity index (χ4n) is 1.43. The Balaban J connectivity index is 2.51. The minimum Gasteiger partial charge on any atom is -0.394 e. The first-order valence-corrected chi connectivity index (χ1v) is 5.20. The molecule has 0 aromatic carbocycles. The highest BCUT2D eigenvalue weighted by Gasteiger charge is 2.32. The van der Waals surface area contributed by atoms with Gasteiger partial charge in [0.05, 0.1) is 18.1 Å². The lowest BCUT2D eigenvalue weighted by molar-refractivity contribution is -0.128. The summed E-state index contributed by atoms with van der Waals surface area (Å²) >= 11 is 0. The summed E-state index contributed by atoms with van der Waals surface area (Å²) in [6, 6.07) is 0. The number of carbonyl (C=O) groups excluding carboxylic acids is 2. The van der Waals surface area contributed by atoms with Gasteiger partial charge >= 0.3 is 0 Å². The first kappa shape index (κ1) is 12.0. The molecule has 0 spiro atoms. The Morgan fingerprint density at radius 3 is 2.80 bits per heavy atom. The predicted molar refractivity (Wildman–Crippen MR) is 55.0 cm³/mol. The number of carbonyl (C=O) groups is 2. The number of aliphatic hydroxyl groups excluding tert-OH is 1. The van der Waals surface area contributed by atoms with Gasteiger partial charge in [0.25, 0.3) is 0 Å². The maximum Gasteiger partial charge on any atom is 0.225 e. The van der Waals surface area contributed by atoms with Crippen molar-refractivity contribution in [3.63, 3.8) is 0 Å². The van der Waals surface area contributed by atoms with E-state index in [1.54, 1.807) is 6.92 Å². The lowest BCUT2D eigenvalue weighted by atomic mass is 9.98. The van der Waals surface area contributed by atoms with Crippen LogP contribution in [0, 0.1) is 5.92 Å². The van der Waals surface area contributed by atoms with E-state index in [1.165, 1.54) is 0 Å². The van der Waals surface area contributed by atoms with E-state index in [4.69, 9.17) is 5.11 Å². The lowest BCUT2D eigenvalue weighted by Gasteiger charge is -2.28. The molecular formula is C10H18N2O3. The second-order valence-electron chi connectivity index (χ2n) is 4.27. The molecule has 86 valence electrons. The molecule has 15 heavy (non-hydrogen) atoms. The first-order valence-electron chi connectivity index (χ1n) is 5.20. The van der Waals surface area contributed by atoms with Gasteiger partial charge in [0.2, 0.25) is 11.8 Å². The Bertz CT molecular complexity index is 261. The molecule has 1 saturated heterocycles. The number of nitrogens with one attached hydrogen (secondary N) is 2. The largest absolute Gasteiger partial charge is 0.394 e. The van der Waals surface area contributed by atoms with Crippen molar-refractivity contribution in [1.29, 1.82) is 0 Å². The van der Waals surface area contributed by atoms with Crippen molar-refractivity contribution in [3.8, 4) is 0 Å². The van der Waals surface area contributed by atoms with E-state index >= 15 is 0 Å². The van der Waals surface area contributed by atoms with Crippen LogP contribution in [0.4, 0.5) is 0 Å². The molecule has 5 heteroatoms. The average molecular weight is 214 g/mol. The summed E-state index contributed by atoms with van der Waals surface area (Å²) in [7, 11) is 0. The van der Waals surface area contributed by atoms with Crippen molar-refractivity contribution in [1.82, 2.24) is 10.6 Å². The van der Waals surface area contributed by atoms with Gasteiger partial charge in [-0.1, -0.05) is 6.92 Å². The van der Waals surface area contributed by atoms with E-state index in [-0.39, 0.29) is 30.8 Å². The van der Waals surface area contributed by atoms with Crippen LogP contribution >= 0.6 is 0 Å². The molecule has 0 aromatic heterocycles. The zero-order chi connectivity index (χ0) is 11.5. The maximum absolute atomic E-state index is 11.7. The van der Waals surface area contributed by atoms with Crippen LogP contribution in [0.3, 0.4) is 0 Å². The van der Waals surface area contributed by atoms with Crippen molar-refractivity contribution in [2.45, 2.75) is 32.2 Å². The third-order valence-electron chi connectivity index (χ3n) is 2.90. The molecule has 2 amide bonds. The lowest BCUT2D eigenvalue weighted by Crippen LogP contribution is -2.50. The molecule has 0 bridgehead atoms. The molecule has 5 nitrogen and oxygen atoms in total. The molecule has 0 aliphatic carbocycles. The third kappa shape index (κ3) is 2.92. The van der Waals surface area contributed by atoms with Gasteiger partial charge in [0.1, 0.15) is 0 Å². The van der Waals surface area contributed by atoms with Crippen LogP contribution in [0.2, 0.25) is 0 Å². The van der Waals surface area contributed by atoms with Crippen molar-refractivity contribution < 1.29 is 14.7 Å². The van der Waals surface area contributed by atoms with Crippen LogP contribution in [-0.4, -0.2) is 35.6 Å². The van der Waals surface area contributed by atoms with Gasteiger partial charge < -0.3 is 15.7 Å². The topological polar surface area (TPSA) is 78.4 Å². The summed E-state index contributed by atoms with van der Waals surface area (Å²) in [5.41, 5.74) is -0.581. The minimum absolute atomic E-state index is 0.0858. The molecular weight excluding hydrogens is 196 g/mol. The normalized spacial score (nSPS) is 24.5. The van der Waals surface area contributed by atoms with Gasteiger partial charge in [0.15, 0.2) is 0 Å². The molecule has 1 rings (SSSR count). The summed E-state index contributed by atoms with van der Waals surface area (Å²) in [4.78, 5) is 22.6. The maximum atomic E-state index is 11.7. The molecule has 0 radical (unpaired) electrons. The van der Waals surface area contributed by atoms with E-state index in [0.29, 0.717) is 13.0 Å². The van der Waals surface area contributed by atoms with Crippen LogP contribution in [-0.2, 0) is 9.59 Å². The fourth-order valence-corrected chi connectivity index (χ4v) is 1.43. The van der Waals surface area contributed by atoms with Crippen LogP contribution in [0.25, 0.3) is 0 Å². The number of hydrogen-bond acceptors (Lipinski definition) is 3. The smallest absolute Gasteiger partial charge is 0.225 e. The second-order valence-corrected chi connectivity index (χ2v) is 4.27. The van der Waals surface area contributed by atoms with Gasteiger partial charge in [-0.2, -0.15) is 0 Å². The molecule has 2 atom stereocenters. The van der Waals surface area contributed by atoms with Crippen molar-refractivity contribution in [2.75, 3.05) is 13.2 Å². The average Bonchev–Trinajstić information content (AvgIpc) is 2.65. The molecule has 3 N–H and O–H groups in total. The van der Waals surface area contributed by atoms with Gasteiger partial charge in [-0.15, -0.1) is 0 Å². The van der Waals surface area contributed by atoms with E-state index < -0.39 is 5.54 Å². The van der Waals surface area contributed by atoms with Gasteiger partial charge in [-0.3, -0.25) is 9.59 Å². The molecule has 2 unspecified atom stereocenters. The van der Waals surface area contributed by atoms with Crippen molar-refractivity contribution in [2.24, 2.45) is 5.92 Å². The number of rotatable bonds is 4. The first-order chi connectivity index (χ1) is 7.00. The zero-order valence-corrected chi connectivity index (χ0v) is 9.17. The molecule has 1 aliphatic rings. The van der Waals surface area contributed by atoms with Crippen molar-refractivity contribution in [3.05, 3.63) is 0 Å². The predicted octanol–water partition coefficient (Wildman–Crippen LogP) is -0.600. The fraction of sp³-hybridized carbons (Fsp3) is 0.800. The zero-order valence-electron chi connectivity index (χ0n) is 9.17. The summed E-state index contributed by atoms with van der Waals surface area (Å²) in [5.74, 6) is -0.543. The van der Waals surface area contributed by atoms with E-state index in [0.717, 1.165) is 0 Å². The Morgan fingerprint density at radius 2 is 2.40 bits per heavy atom. The minimum atomic E-state index is -0.581. The molecule has 0 saturated carbocycles. The van der Waals surface area contributed by atoms with Gasteiger partial charge in [-0.25, -0.2) is 0 Å². The highest BCUT2D eigenvalue weighted by Crippen LogP contribution is 2.13. The summed E-state index contributed by atoms with van der Waals surface area (Å²) < 4.78 is 0. The van der Waals surface area contributed by atoms with Crippen molar-refractivity contribution >= 4 is 11.8 Å². The SMILES string of the molecule is CCC(C)(CO)NC(=O)C1CNC(=O)C1. The van der Waals surface area contributed by atoms with Gasteiger partial charge in [0, 0.05) is 13.0 Å². The molecule has 1 fully saturated rings. The van der Waals surface area contributed by atoms with Crippen LogP contribution in [0.5, 0.6) is 0 Å². The highest BCUT2D eigenvalue weighted by molar-refractivity contribution is 5.89. The van der Waals surface area contributed by atoms with E-state index in [1.807, 2.05) is 6.92 Å². The molecule has 1 aliphatic heterocycles. The Kier molecular flexibility index (Phi) is 3.68. The summed E-state index contributed by atoms with van der Waals surface area (Å²) in [6.07, 6.45) is 0.903. The quantitative estimate of drug-likeness (QED) is 0.584. The highest BCUT2D eigenvalue weighted by atomic mass is 16.3. The number of hydrogen-bond donors (Lipinski definition) is 3. The van der Waals surface area contributed by atoms with Crippen LogP contribution in [0.15, 0.2) is 0 Å². The number of amides is 2. The standard InChI is InChI=1S/C10H18N2O3/c1-3-10(2,6-13)12-9(15)7-4-8(14)11-5-7/h7,13H,3-6H2,1-2H3,(H,11,14)(H,12,15).